The fraction of sp³-hybridized carbons (Fsp3) is 0.105. The number of aryl methyl sites for hydroxylation is 1. The number of fused-ring (bicyclic) bond motifs is 2. The quantitative estimate of drug-likeness (QED) is 0.524. The molecule has 5 heteroatoms. The first-order valence-electron chi connectivity index (χ1n) is 7.74. The molecule has 0 aliphatic heterocycles. The third-order valence-corrected chi connectivity index (χ3v) is 4.18. The summed E-state index contributed by atoms with van der Waals surface area (Å²) in [5.74, 6) is -0.531. The number of para-hydroxylation sites is 1. The smallest absolute Gasteiger partial charge is 0.268 e. The van der Waals surface area contributed by atoms with Gasteiger partial charge in [-0.15, -0.1) is 0 Å². The van der Waals surface area contributed by atoms with E-state index < -0.39 is 0 Å². The van der Waals surface area contributed by atoms with E-state index in [0.29, 0.717) is 17.8 Å². The first-order valence-corrected chi connectivity index (χ1v) is 7.74. The van der Waals surface area contributed by atoms with Gasteiger partial charge in [-0.3, -0.25) is 4.79 Å². The third kappa shape index (κ3) is 2.54. The van der Waals surface area contributed by atoms with Crippen molar-refractivity contribution in [2.45, 2.75) is 13.5 Å². The van der Waals surface area contributed by atoms with Gasteiger partial charge < -0.3 is 15.3 Å². The van der Waals surface area contributed by atoms with E-state index in [0.717, 1.165) is 27.5 Å². The second kappa shape index (κ2) is 5.53. The molecule has 0 spiro atoms. The number of aromatic nitrogens is 2. The second-order valence-corrected chi connectivity index (χ2v) is 5.93. The highest BCUT2D eigenvalue weighted by Gasteiger charge is 2.12. The van der Waals surface area contributed by atoms with Crippen LogP contribution >= 0.6 is 0 Å². The minimum absolute atomic E-state index is 0.218. The zero-order valence-electron chi connectivity index (χ0n) is 13.1. The van der Waals surface area contributed by atoms with Crippen LogP contribution in [0.4, 0.5) is 4.39 Å². The van der Waals surface area contributed by atoms with Gasteiger partial charge in [0.05, 0.1) is 6.54 Å². The molecule has 0 radical (unpaired) electrons. The molecule has 0 aliphatic rings. The van der Waals surface area contributed by atoms with Gasteiger partial charge in [-0.25, -0.2) is 4.39 Å². The molecule has 0 fully saturated rings. The van der Waals surface area contributed by atoms with Crippen molar-refractivity contribution in [1.82, 2.24) is 15.3 Å². The van der Waals surface area contributed by atoms with Crippen LogP contribution in [0.2, 0.25) is 0 Å². The van der Waals surface area contributed by atoms with E-state index in [1.165, 1.54) is 12.1 Å². The number of carbonyl (C=O) groups is 1. The molecular formula is C19H16FN3O. The zero-order valence-corrected chi connectivity index (χ0v) is 13.1. The Balaban J connectivity index is 1.54. The predicted octanol–water partition coefficient (Wildman–Crippen LogP) is 4.03. The highest BCUT2D eigenvalue weighted by molar-refractivity contribution is 5.98. The standard InChI is InChI=1S/C19H16FN3O/c1-11-6-13(20)8-17-15(11)9-18(23-17)19(24)21-10-14-7-12-4-2-3-5-16(12)22-14/h2-9,22-23H,10H2,1H3,(H,21,24). The summed E-state index contributed by atoms with van der Waals surface area (Å²) in [5.41, 5.74) is 3.83. The highest BCUT2D eigenvalue weighted by Crippen LogP contribution is 2.21. The largest absolute Gasteiger partial charge is 0.357 e. The molecule has 4 nitrogen and oxygen atoms in total. The van der Waals surface area contributed by atoms with Crippen LogP contribution in [0.25, 0.3) is 21.8 Å². The third-order valence-electron chi connectivity index (χ3n) is 4.18. The van der Waals surface area contributed by atoms with Gasteiger partial charge in [0.25, 0.3) is 5.91 Å². The zero-order chi connectivity index (χ0) is 16.7. The molecule has 0 atom stereocenters. The Kier molecular flexibility index (Phi) is 3.34. The van der Waals surface area contributed by atoms with E-state index >= 15 is 0 Å². The molecule has 1 amide bonds. The van der Waals surface area contributed by atoms with Crippen LogP contribution in [0.3, 0.4) is 0 Å². The molecule has 0 unspecified atom stereocenters. The molecule has 4 aromatic rings. The summed E-state index contributed by atoms with van der Waals surface area (Å²) in [6, 6.07) is 14.6. The minimum atomic E-state index is -0.313. The van der Waals surface area contributed by atoms with Crippen LogP contribution in [-0.4, -0.2) is 15.9 Å². The lowest BCUT2D eigenvalue weighted by Crippen LogP contribution is -2.23. The first kappa shape index (κ1) is 14.5. The van der Waals surface area contributed by atoms with Gasteiger partial charge in [0, 0.05) is 22.1 Å². The van der Waals surface area contributed by atoms with Crippen LogP contribution in [-0.2, 0) is 6.54 Å². The number of nitrogens with one attached hydrogen (secondary N) is 3. The summed E-state index contributed by atoms with van der Waals surface area (Å²) in [5, 5.41) is 4.84. The summed E-state index contributed by atoms with van der Waals surface area (Å²) in [6.45, 7) is 2.22. The molecule has 0 saturated heterocycles. The summed E-state index contributed by atoms with van der Waals surface area (Å²) in [6.07, 6.45) is 0. The second-order valence-electron chi connectivity index (χ2n) is 5.93. The SMILES string of the molecule is Cc1cc(F)cc2[nH]c(C(=O)NCc3cc4ccccc4[nH]3)cc12. The molecule has 0 saturated carbocycles. The van der Waals surface area contributed by atoms with E-state index in [1.54, 1.807) is 6.07 Å². The van der Waals surface area contributed by atoms with Gasteiger partial charge in [-0.05, 0) is 48.2 Å². The number of amides is 1. The molecule has 2 aromatic carbocycles. The van der Waals surface area contributed by atoms with Crippen LogP contribution in [0, 0.1) is 12.7 Å². The molecule has 3 N–H and O–H groups in total. The Morgan fingerprint density at radius 1 is 1.08 bits per heavy atom. The number of H-pyrrole nitrogens is 2. The summed E-state index contributed by atoms with van der Waals surface area (Å²) in [4.78, 5) is 18.6. The van der Waals surface area contributed by atoms with E-state index in [-0.39, 0.29) is 11.7 Å². The Morgan fingerprint density at radius 2 is 1.92 bits per heavy atom. The van der Waals surface area contributed by atoms with Crippen LogP contribution < -0.4 is 5.32 Å². The van der Waals surface area contributed by atoms with Crippen molar-refractivity contribution >= 4 is 27.7 Å². The normalized spacial score (nSPS) is 11.2. The van der Waals surface area contributed by atoms with Gasteiger partial charge in [0.1, 0.15) is 11.5 Å². The molecule has 0 bridgehead atoms. The van der Waals surface area contributed by atoms with Crippen molar-refractivity contribution in [3.63, 3.8) is 0 Å². The van der Waals surface area contributed by atoms with Crippen LogP contribution in [0.1, 0.15) is 21.7 Å². The first-order chi connectivity index (χ1) is 11.6. The van der Waals surface area contributed by atoms with Gasteiger partial charge in [-0.1, -0.05) is 18.2 Å². The summed E-state index contributed by atoms with van der Waals surface area (Å²) < 4.78 is 13.5. The number of carbonyl (C=O) groups excluding carboxylic acids is 1. The molecule has 4 rings (SSSR count). The fourth-order valence-electron chi connectivity index (χ4n) is 3.00. The van der Waals surface area contributed by atoms with Crippen molar-refractivity contribution < 1.29 is 9.18 Å². The topological polar surface area (TPSA) is 60.7 Å². The summed E-state index contributed by atoms with van der Waals surface area (Å²) in [7, 11) is 0. The number of hydrogen-bond donors (Lipinski definition) is 3. The molecule has 120 valence electrons. The molecule has 0 aliphatic carbocycles. The Bertz CT molecular complexity index is 1030. The monoisotopic (exact) mass is 321 g/mol. The predicted molar refractivity (Wildman–Crippen MR) is 92.5 cm³/mol. The number of halogens is 1. The van der Waals surface area contributed by atoms with Gasteiger partial charge >= 0.3 is 0 Å². The van der Waals surface area contributed by atoms with Crippen molar-refractivity contribution in [3.05, 3.63) is 71.3 Å². The van der Waals surface area contributed by atoms with E-state index in [9.17, 15) is 9.18 Å². The highest BCUT2D eigenvalue weighted by atomic mass is 19.1. The van der Waals surface area contributed by atoms with E-state index in [2.05, 4.69) is 15.3 Å². The fourth-order valence-corrected chi connectivity index (χ4v) is 3.00. The van der Waals surface area contributed by atoms with Crippen molar-refractivity contribution in [2.75, 3.05) is 0 Å². The Hall–Kier alpha value is -3.08. The Morgan fingerprint density at radius 3 is 2.75 bits per heavy atom. The van der Waals surface area contributed by atoms with Gasteiger partial charge in [-0.2, -0.15) is 0 Å². The van der Waals surface area contributed by atoms with Crippen LogP contribution in [0.5, 0.6) is 0 Å². The maximum atomic E-state index is 13.5. The maximum Gasteiger partial charge on any atom is 0.268 e. The van der Waals surface area contributed by atoms with Gasteiger partial charge in [0.15, 0.2) is 0 Å². The van der Waals surface area contributed by atoms with Crippen molar-refractivity contribution in [2.24, 2.45) is 0 Å². The molecule has 24 heavy (non-hydrogen) atoms. The van der Waals surface area contributed by atoms with Crippen molar-refractivity contribution in [3.8, 4) is 0 Å². The van der Waals surface area contributed by atoms with Crippen LogP contribution in [0.15, 0.2) is 48.5 Å². The van der Waals surface area contributed by atoms with E-state index in [4.69, 9.17) is 0 Å². The lowest BCUT2D eigenvalue weighted by atomic mass is 10.1. The molecule has 2 aromatic heterocycles. The van der Waals surface area contributed by atoms with Gasteiger partial charge in [0.2, 0.25) is 0 Å². The number of hydrogen-bond acceptors (Lipinski definition) is 1. The maximum absolute atomic E-state index is 13.5. The molecule has 2 heterocycles. The minimum Gasteiger partial charge on any atom is -0.357 e. The number of benzene rings is 2. The van der Waals surface area contributed by atoms with Crippen molar-refractivity contribution in [1.29, 1.82) is 0 Å². The number of aromatic amines is 2. The number of rotatable bonds is 3. The average Bonchev–Trinajstić information content (AvgIpc) is 3.15. The average molecular weight is 321 g/mol. The molecular weight excluding hydrogens is 305 g/mol. The van der Waals surface area contributed by atoms with E-state index in [1.807, 2.05) is 37.3 Å². The lowest BCUT2D eigenvalue weighted by Gasteiger charge is -2.01. The summed E-state index contributed by atoms with van der Waals surface area (Å²) >= 11 is 0. The lowest BCUT2D eigenvalue weighted by molar-refractivity contribution is 0.0946. The Labute approximate surface area is 137 Å².